The molecule has 1 N–H and O–H groups in total. The molecule has 0 radical (unpaired) electrons. The summed E-state index contributed by atoms with van der Waals surface area (Å²) in [7, 11) is 0. The molecule has 1 heterocycles. The van der Waals surface area contributed by atoms with Gasteiger partial charge in [0.1, 0.15) is 0 Å². The third-order valence-corrected chi connectivity index (χ3v) is 2.31. The van der Waals surface area contributed by atoms with Crippen LogP contribution in [0.4, 0.5) is 18.3 Å². The van der Waals surface area contributed by atoms with Gasteiger partial charge < -0.3 is 5.32 Å². The van der Waals surface area contributed by atoms with E-state index in [1.165, 1.54) is 0 Å². The summed E-state index contributed by atoms with van der Waals surface area (Å²) in [6.07, 6.45) is -4.46. The Balaban J connectivity index is 2.73. The summed E-state index contributed by atoms with van der Waals surface area (Å²) >= 11 is 0.759. The van der Waals surface area contributed by atoms with Crippen molar-refractivity contribution in [2.75, 3.05) is 5.32 Å². The number of aromatic nitrogens is 1. The Hall–Kier alpha value is -1.11. The van der Waals surface area contributed by atoms with E-state index in [1.54, 1.807) is 13.8 Å². The van der Waals surface area contributed by atoms with Crippen molar-refractivity contribution < 1.29 is 18.0 Å². The summed E-state index contributed by atoms with van der Waals surface area (Å²) in [5.41, 5.74) is -0.980. The van der Waals surface area contributed by atoms with Crippen LogP contribution in [0.5, 0.6) is 0 Å². The molecule has 3 nitrogen and oxygen atoms in total. The second-order valence-electron chi connectivity index (χ2n) is 3.18. The van der Waals surface area contributed by atoms with E-state index in [-0.39, 0.29) is 17.0 Å². The first-order chi connectivity index (χ1) is 6.80. The van der Waals surface area contributed by atoms with E-state index in [4.69, 9.17) is 0 Å². The van der Waals surface area contributed by atoms with E-state index in [1.807, 2.05) is 0 Å². The Kier molecular flexibility index (Phi) is 3.33. The molecule has 0 aromatic carbocycles. The zero-order valence-electron chi connectivity index (χ0n) is 8.05. The maximum atomic E-state index is 12.1. The monoisotopic (exact) mass is 238 g/mol. The number of halogens is 3. The second kappa shape index (κ2) is 4.18. The molecule has 0 atom stereocenters. The van der Waals surface area contributed by atoms with Gasteiger partial charge in [-0.05, 0) is 0 Å². The first kappa shape index (κ1) is 12.0. The Morgan fingerprint density at radius 1 is 1.53 bits per heavy atom. The topological polar surface area (TPSA) is 42.0 Å². The smallest absolute Gasteiger partial charge is 0.302 e. The number of alkyl halides is 3. The van der Waals surface area contributed by atoms with Crippen molar-refractivity contribution in [3.05, 3.63) is 11.1 Å². The molecule has 0 unspecified atom stereocenters. The van der Waals surface area contributed by atoms with E-state index in [9.17, 15) is 18.0 Å². The Bertz CT molecular complexity index is 359. The van der Waals surface area contributed by atoms with Gasteiger partial charge in [-0.15, -0.1) is 11.3 Å². The van der Waals surface area contributed by atoms with Crippen LogP contribution in [0.1, 0.15) is 19.5 Å². The van der Waals surface area contributed by atoms with E-state index in [0.29, 0.717) is 0 Å². The van der Waals surface area contributed by atoms with Crippen molar-refractivity contribution in [3.63, 3.8) is 0 Å². The largest absolute Gasteiger partial charge is 0.434 e. The standard InChI is InChI=1S/C8H9F3N2OS/c1-4(2)6(14)13-7-12-5(3-15-7)8(9,10)11/h3-4H,1-2H3,(H,12,13,14). The lowest BCUT2D eigenvalue weighted by atomic mass is 10.2. The molecular formula is C8H9F3N2OS. The van der Waals surface area contributed by atoms with E-state index in [0.717, 1.165) is 16.7 Å². The van der Waals surface area contributed by atoms with E-state index in [2.05, 4.69) is 10.3 Å². The highest BCUT2D eigenvalue weighted by molar-refractivity contribution is 7.13. The number of carbonyl (C=O) groups excluding carboxylic acids is 1. The molecule has 1 aromatic heterocycles. The molecule has 1 aromatic rings. The summed E-state index contributed by atoms with van der Waals surface area (Å²) in [6.45, 7) is 3.29. The Labute approximate surface area is 88.3 Å². The van der Waals surface area contributed by atoms with Crippen molar-refractivity contribution in [2.45, 2.75) is 20.0 Å². The molecule has 0 fully saturated rings. The zero-order chi connectivity index (χ0) is 11.6. The molecule has 0 spiro atoms. The van der Waals surface area contributed by atoms with Gasteiger partial charge in [-0.1, -0.05) is 13.8 Å². The fraction of sp³-hybridized carbons (Fsp3) is 0.500. The molecule has 1 amide bonds. The molecule has 1 rings (SSSR count). The van der Waals surface area contributed by atoms with Gasteiger partial charge in [0.15, 0.2) is 10.8 Å². The van der Waals surface area contributed by atoms with Crippen LogP contribution in [0.2, 0.25) is 0 Å². The number of thiazole rings is 1. The molecule has 0 aliphatic heterocycles. The quantitative estimate of drug-likeness (QED) is 0.860. The molecule has 15 heavy (non-hydrogen) atoms. The summed E-state index contributed by atoms with van der Waals surface area (Å²) < 4.78 is 36.4. The van der Waals surface area contributed by atoms with Crippen LogP contribution in [0.3, 0.4) is 0 Å². The minimum absolute atomic E-state index is 0.0268. The molecule has 0 saturated heterocycles. The fourth-order valence-electron chi connectivity index (χ4n) is 0.711. The van der Waals surface area contributed by atoms with Gasteiger partial charge in [-0.25, -0.2) is 4.98 Å². The highest BCUT2D eigenvalue weighted by atomic mass is 32.1. The van der Waals surface area contributed by atoms with Crippen LogP contribution < -0.4 is 5.32 Å². The van der Waals surface area contributed by atoms with E-state index < -0.39 is 11.9 Å². The van der Waals surface area contributed by atoms with Gasteiger partial charge in [-0.3, -0.25) is 4.79 Å². The molecule has 0 aliphatic carbocycles. The normalized spacial score (nSPS) is 11.9. The lowest BCUT2D eigenvalue weighted by molar-refractivity contribution is -0.140. The molecule has 0 aliphatic rings. The Morgan fingerprint density at radius 2 is 2.13 bits per heavy atom. The van der Waals surface area contributed by atoms with Crippen molar-refractivity contribution >= 4 is 22.4 Å². The molecular weight excluding hydrogens is 229 g/mol. The van der Waals surface area contributed by atoms with Crippen molar-refractivity contribution in [2.24, 2.45) is 5.92 Å². The summed E-state index contributed by atoms with van der Waals surface area (Å²) in [6, 6.07) is 0. The van der Waals surface area contributed by atoms with Crippen molar-refractivity contribution in [1.82, 2.24) is 4.98 Å². The number of rotatable bonds is 2. The average molecular weight is 238 g/mol. The number of hydrogen-bond acceptors (Lipinski definition) is 3. The lowest BCUT2D eigenvalue weighted by Gasteiger charge is -2.03. The number of amides is 1. The van der Waals surface area contributed by atoms with E-state index >= 15 is 0 Å². The van der Waals surface area contributed by atoms with Gasteiger partial charge in [0.2, 0.25) is 5.91 Å². The minimum Gasteiger partial charge on any atom is -0.302 e. The summed E-state index contributed by atoms with van der Waals surface area (Å²) in [5.74, 6) is -0.638. The van der Waals surface area contributed by atoms with Crippen molar-refractivity contribution in [3.8, 4) is 0 Å². The van der Waals surface area contributed by atoms with Crippen LogP contribution >= 0.6 is 11.3 Å². The summed E-state index contributed by atoms with van der Waals surface area (Å²) in [5, 5.41) is 3.15. The van der Waals surface area contributed by atoms with Crippen LogP contribution in [-0.4, -0.2) is 10.9 Å². The van der Waals surface area contributed by atoms with Crippen LogP contribution in [0, 0.1) is 5.92 Å². The first-order valence-corrected chi connectivity index (χ1v) is 5.02. The molecule has 84 valence electrons. The van der Waals surface area contributed by atoms with Crippen LogP contribution in [0.15, 0.2) is 5.38 Å². The second-order valence-corrected chi connectivity index (χ2v) is 4.04. The predicted octanol–water partition coefficient (Wildman–Crippen LogP) is 2.76. The van der Waals surface area contributed by atoms with Gasteiger partial charge in [0.25, 0.3) is 0 Å². The average Bonchev–Trinajstić information content (AvgIpc) is 2.51. The zero-order valence-corrected chi connectivity index (χ0v) is 8.87. The van der Waals surface area contributed by atoms with Crippen LogP contribution in [0.25, 0.3) is 0 Å². The van der Waals surface area contributed by atoms with Gasteiger partial charge in [0.05, 0.1) is 0 Å². The lowest BCUT2D eigenvalue weighted by Crippen LogP contribution is -2.17. The first-order valence-electron chi connectivity index (χ1n) is 4.14. The third-order valence-electron chi connectivity index (χ3n) is 1.55. The highest BCUT2D eigenvalue weighted by Gasteiger charge is 2.33. The van der Waals surface area contributed by atoms with Gasteiger partial charge in [0, 0.05) is 11.3 Å². The number of nitrogens with one attached hydrogen (secondary N) is 1. The number of hydrogen-bond donors (Lipinski definition) is 1. The number of carbonyl (C=O) groups is 1. The molecule has 7 heteroatoms. The highest BCUT2D eigenvalue weighted by Crippen LogP contribution is 2.31. The minimum atomic E-state index is -4.46. The summed E-state index contributed by atoms with van der Waals surface area (Å²) in [4.78, 5) is 14.4. The predicted molar refractivity (Wildman–Crippen MR) is 50.6 cm³/mol. The number of nitrogens with zero attached hydrogens (tertiary/aromatic N) is 1. The SMILES string of the molecule is CC(C)C(=O)Nc1nc(C(F)(F)F)cs1. The maximum Gasteiger partial charge on any atom is 0.434 e. The Morgan fingerprint density at radius 3 is 2.53 bits per heavy atom. The maximum absolute atomic E-state index is 12.1. The van der Waals surface area contributed by atoms with Gasteiger partial charge >= 0.3 is 6.18 Å². The van der Waals surface area contributed by atoms with Crippen molar-refractivity contribution in [1.29, 1.82) is 0 Å². The third kappa shape index (κ3) is 3.19. The molecule has 0 saturated carbocycles. The van der Waals surface area contributed by atoms with Gasteiger partial charge in [-0.2, -0.15) is 13.2 Å². The van der Waals surface area contributed by atoms with Crippen LogP contribution in [-0.2, 0) is 11.0 Å². The fourth-order valence-corrected chi connectivity index (χ4v) is 1.43. The molecule has 0 bridgehead atoms. The number of anilines is 1.